The zero-order chi connectivity index (χ0) is 20.3. The van der Waals surface area contributed by atoms with Crippen molar-refractivity contribution in [2.24, 2.45) is 5.10 Å². The highest BCUT2D eigenvalue weighted by molar-refractivity contribution is 6.46. The monoisotopic (exact) mass is 442 g/mol. The molecule has 0 radical (unpaired) electrons. The van der Waals surface area contributed by atoms with Crippen LogP contribution in [0.2, 0.25) is 15.2 Å². The highest BCUT2D eigenvalue weighted by atomic mass is 35.5. The first kappa shape index (κ1) is 20.7. The van der Waals surface area contributed by atoms with E-state index in [2.05, 4.69) is 20.4 Å². The SMILES string of the molecule is C/C(=N/Nc1c(Cl)c(Cl)nc(C(=O)O)c1Cl)c1ccc(N2CCOCC2)cc1. The van der Waals surface area contributed by atoms with Gasteiger partial charge < -0.3 is 14.7 Å². The molecule has 2 aromatic rings. The molecule has 1 aromatic heterocycles. The van der Waals surface area contributed by atoms with Crippen molar-refractivity contribution in [2.75, 3.05) is 36.6 Å². The molecule has 1 aliphatic heterocycles. The van der Waals surface area contributed by atoms with E-state index in [9.17, 15) is 9.90 Å². The van der Waals surface area contributed by atoms with Gasteiger partial charge in [-0.1, -0.05) is 46.9 Å². The molecule has 7 nitrogen and oxygen atoms in total. The van der Waals surface area contributed by atoms with Gasteiger partial charge in [-0.15, -0.1) is 0 Å². The summed E-state index contributed by atoms with van der Waals surface area (Å²) in [6.07, 6.45) is 0. The summed E-state index contributed by atoms with van der Waals surface area (Å²) in [5.41, 5.74) is 5.05. The number of ether oxygens (including phenoxy) is 1. The average Bonchev–Trinajstić information content (AvgIpc) is 2.71. The van der Waals surface area contributed by atoms with Crippen LogP contribution >= 0.6 is 34.8 Å². The largest absolute Gasteiger partial charge is 0.476 e. The van der Waals surface area contributed by atoms with E-state index in [1.54, 1.807) is 6.92 Å². The molecule has 2 heterocycles. The van der Waals surface area contributed by atoms with E-state index in [-0.39, 0.29) is 20.9 Å². The molecule has 28 heavy (non-hydrogen) atoms. The van der Waals surface area contributed by atoms with Crippen molar-refractivity contribution in [1.29, 1.82) is 0 Å². The molecule has 0 saturated carbocycles. The Morgan fingerprint density at radius 2 is 1.82 bits per heavy atom. The maximum absolute atomic E-state index is 11.2. The zero-order valence-electron chi connectivity index (χ0n) is 14.9. The van der Waals surface area contributed by atoms with Crippen molar-refractivity contribution in [3.8, 4) is 0 Å². The number of carbonyl (C=O) groups is 1. The first-order valence-electron chi connectivity index (χ1n) is 8.39. The Morgan fingerprint density at radius 1 is 1.18 bits per heavy atom. The molecule has 0 unspecified atom stereocenters. The van der Waals surface area contributed by atoms with Gasteiger partial charge in [0.15, 0.2) is 10.8 Å². The third-order valence-corrected chi connectivity index (χ3v) is 5.34. The Labute approximate surface area is 176 Å². The highest BCUT2D eigenvalue weighted by Crippen LogP contribution is 2.37. The van der Waals surface area contributed by atoms with Gasteiger partial charge in [-0.2, -0.15) is 5.10 Å². The molecule has 1 aromatic carbocycles. The van der Waals surface area contributed by atoms with E-state index in [1.165, 1.54) is 0 Å². The number of hydrogen-bond acceptors (Lipinski definition) is 6. The Morgan fingerprint density at radius 3 is 2.43 bits per heavy atom. The van der Waals surface area contributed by atoms with E-state index in [4.69, 9.17) is 39.5 Å². The number of halogens is 3. The fourth-order valence-corrected chi connectivity index (χ4v) is 3.36. The minimum Gasteiger partial charge on any atom is -0.476 e. The Kier molecular flexibility index (Phi) is 6.61. The van der Waals surface area contributed by atoms with Gasteiger partial charge in [0.05, 0.1) is 24.6 Å². The van der Waals surface area contributed by atoms with Crippen molar-refractivity contribution in [3.63, 3.8) is 0 Å². The van der Waals surface area contributed by atoms with E-state index in [0.717, 1.165) is 37.6 Å². The summed E-state index contributed by atoms with van der Waals surface area (Å²) in [4.78, 5) is 17.2. The second-order valence-electron chi connectivity index (χ2n) is 6.01. The van der Waals surface area contributed by atoms with Crippen LogP contribution in [0.5, 0.6) is 0 Å². The molecule has 0 spiro atoms. The number of carboxylic acid groups (broad SMARTS) is 1. The Hall–Kier alpha value is -2.06. The second-order valence-corrected chi connectivity index (χ2v) is 7.13. The van der Waals surface area contributed by atoms with Crippen molar-refractivity contribution in [3.05, 3.63) is 50.7 Å². The van der Waals surface area contributed by atoms with Gasteiger partial charge in [-0.25, -0.2) is 9.78 Å². The number of carboxylic acids is 1. The second kappa shape index (κ2) is 8.96. The van der Waals surface area contributed by atoms with Gasteiger partial charge >= 0.3 is 5.97 Å². The van der Waals surface area contributed by atoms with Gasteiger partial charge in [0.1, 0.15) is 10.0 Å². The fourth-order valence-electron chi connectivity index (χ4n) is 2.69. The minimum absolute atomic E-state index is 0.00381. The van der Waals surface area contributed by atoms with Crippen molar-refractivity contribution < 1.29 is 14.6 Å². The lowest BCUT2D eigenvalue weighted by Crippen LogP contribution is -2.36. The van der Waals surface area contributed by atoms with E-state index < -0.39 is 11.7 Å². The number of hydrazone groups is 1. The molecule has 2 N–H and O–H groups in total. The topological polar surface area (TPSA) is 87.0 Å². The molecule has 148 valence electrons. The number of benzene rings is 1. The van der Waals surface area contributed by atoms with Crippen LogP contribution in [0.4, 0.5) is 11.4 Å². The van der Waals surface area contributed by atoms with E-state index in [0.29, 0.717) is 5.71 Å². The minimum atomic E-state index is -1.31. The van der Waals surface area contributed by atoms with Gasteiger partial charge in [-0.3, -0.25) is 5.43 Å². The molecular weight excluding hydrogens is 427 g/mol. The number of rotatable bonds is 5. The van der Waals surface area contributed by atoms with E-state index in [1.807, 2.05) is 24.3 Å². The summed E-state index contributed by atoms with van der Waals surface area (Å²) >= 11 is 18.1. The van der Waals surface area contributed by atoms with Crippen LogP contribution in [0.1, 0.15) is 23.0 Å². The van der Waals surface area contributed by atoms with Gasteiger partial charge in [0.25, 0.3) is 0 Å². The van der Waals surface area contributed by atoms with Crippen LogP contribution in [0.25, 0.3) is 0 Å². The van der Waals surface area contributed by atoms with Crippen LogP contribution in [0.3, 0.4) is 0 Å². The number of nitrogens with one attached hydrogen (secondary N) is 1. The number of aromatic nitrogens is 1. The van der Waals surface area contributed by atoms with Crippen LogP contribution in [0, 0.1) is 0 Å². The van der Waals surface area contributed by atoms with Gasteiger partial charge in [0, 0.05) is 18.8 Å². The molecule has 1 fully saturated rings. The van der Waals surface area contributed by atoms with Crippen LogP contribution < -0.4 is 10.3 Å². The average molecular weight is 444 g/mol. The van der Waals surface area contributed by atoms with Crippen molar-refractivity contribution in [2.45, 2.75) is 6.92 Å². The number of nitrogens with zero attached hydrogens (tertiary/aromatic N) is 3. The number of aromatic carboxylic acids is 1. The smallest absolute Gasteiger partial charge is 0.356 e. The third kappa shape index (κ3) is 4.50. The standard InChI is InChI=1S/C18H17Cl3N4O3/c1-10(11-2-4-12(5-3-11)25-6-8-28-9-7-25)23-24-15-13(19)16(18(26)27)22-17(21)14(15)20/h2-5H,6-9H2,1H3,(H,22,24)(H,26,27)/b23-10-. The van der Waals surface area contributed by atoms with Crippen LogP contribution in [-0.2, 0) is 4.74 Å². The molecule has 3 rings (SSSR count). The van der Waals surface area contributed by atoms with E-state index >= 15 is 0 Å². The van der Waals surface area contributed by atoms with Crippen LogP contribution in [-0.4, -0.2) is 48.1 Å². The summed E-state index contributed by atoms with van der Waals surface area (Å²) in [5, 5.41) is 13.1. The molecule has 0 bridgehead atoms. The lowest BCUT2D eigenvalue weighted by atomic mass is 10.1. The van der Waals surface area contributed by atoms with Gasteiger partial charge in [0.2, 0.25) is 0 Å². The summed E-state index contributed by atoms with van der Waals surface area (Å²) < 4.78 is 5.37. The summed E-state index contributed by atoms with van der Waals surface area (Å²) in [7, 11) is 0. The number of pyridine rings is 1. The summed E-state index contributed by atoms with van der Waals surface area (Å²) in [6.45, 7) is 4.97. The quantitative estimate of drug-likeness (QED) is 0.404. The number of morpholine rings is 1. The lowest BCUT2D eigenvalue weighted by Gasteiger charge is -2.28. The molecule has 1 aliphatic rings. The molecule has 0 aliphatic carbocycles. The van der Waals surface area contributed by atoms with Crippen molar-refractivity contribution >= 4 is 57.9 Å². The maximum Gasteiger partial charge on any atom is 0.356 e. The first-order chi connectivity index (χ1) is 13.4. The molecule has 10 heteroatoms. The number of anilines is 2. The molecule has 0 atom stereocenters. The summed E-state index contributed by atoms with van der Waals surface area (Å²) in [5.74, 6) is -1.31. The Balaban J connectivity index is 1.80. The summed E-state index contributed by atoms with van der Waals surface area (Å²) in [6, 6.07) is 7.95. The third-order valence-electron chi connectivity index (χ3n) is 4.24. The van der Waals surface area contributed by atoms with Crippen molar-refractivity contribution in [1.82, 2.24) is 4.98 Å². The molecular formula is C18H17Cl3N4O3. The Bertz CT molecular complexity index is 913. The predicted octanol–water partition coefficient (Wildman–Crippen LogP) is 4.41. The number of hydrogen-bond donors (Lipinski definition) is 2. The lowest BCUT2D eigenvalue weighted by molar-refractivity contribution is 0.0691. The predicted molar refractivity (Wildman–Crippen MR) is 112 cm³/mol. The first-order valence-corrected chi connectivity index (χ1v) is 9.53. The highest BCUT2D eigenvalue weighted by Gasteiger charge is 2.21. The van der Waals surface area contributed by atoms with Crippen LogP contribution in [0.15, 0.2) is 29.4 Å². The zero-order valence-corrected chi connectivity index (χ0v) is 17.1. The molecule has 1 saturated heterocycles. The van der Waals surface area contributed by atoms with Gasteiger partial charge in [-0.05, 0) is 24.6 Å². The normalized spacial score (nSPS) is 14.9. The molecule has 0 amide bonds. The fraction of sp³-hybridized carbons (Fsp3) is 0.278. The maximum atomic E-state index is 11.2.